The van der Waals surface area contributed by atoms with Gasteiger partial charge in [-0.3, -0.25) is 24.0 Å². The van der Waals surface area contributed by atoms with Gasteiger partial charge in [-0.15, -0.1) is 29.8 Å². The lowest BCUT2D eigenvalue weighted by molar-refractivity contribution is -0.145. The van der Waals surface area contributed by atoms with Crippen LogP contribution >= 0.6 is 23.2 Å². The summed E-state index contributed by atoms with van der Waals surface area (Å²) in [6.45, 7) is 11.3. The molecule has 234 valence electrons. The van der Waals surface area contributed by atoms with E-state index < -0.39 is 45.5 Å². The van der Waals surface area contributed by atoms with E-state index in [1.54, 1.807) is 11.0 Å². The lowest BCUT2D eigenvalue weighted by Crippen LogP contribution is -2.56. The maximum Gasteiger partial charge on any atom is 0.289 e. The minimum atomic E-state index is -1.15. The quantitative estimate of drug-likeness (QED) is 0.186. The summed E-state index contributed by atoms with van der Waals surface area (Å²) in [5.74, 6) is -3.66. The zero-order chi connectivity index (χ0) is 31.7. The maximum absolute atomic E-state index is 13.8. The van der Waals surface area contributed by atoms with Crippen LogP contribution in [0.1, 0.15) is 58.1 Å². The highest BCUT2D eigenvalue weighted by Gasteiger charge is 2.74. The van der Waals surface area contributed by atoms with Crippen LogP contribution in [-0.4, -0.2) is 69.4 Å². The predicted molar refractivity (Wildman–Crippen MR) is 165 cm³/mol. The molecule has 4 rings (SSSR count). The Kier molecular flexibility index (Phi) is 9.96. The Labute approximate surface area is 263 Å². The van der Waals surface area contributed by atoms with Crippen LogP contribution in [0.25, 0.3) is 0 Å². The highest BCUT2D eigenvalue weighted by molar-refractivity contribution is 6.51. The SMILES string of the molecule is C=CCCC(NC(=O)[C@@H]1[C@@H]2[C@H](CN1C(=O)[C@@H](C)C1Cc3ccccc3C1)C2(Cl)Cl)C(=O)C(=O)NCCC(=O)NC(C)(C)C. The molecule has 1 saturated carbocycles. The Balaban J connectivity index is 1.41. The lowest BCUT2D eigenvalue weighted by Gasteiger charge is -2.33. The normalized spacial score (nSPS) is 23.4. The van der Waals surface area contributed by atoms with Gasteiger partial charge in [-0.2, -0.15) is 0 Å². The first kappa shape index (κ1) is 33.0. The second-order valence-corrected chi connectivity index (χ2v) is 14.5. The van der Waals surface area contributed by atoms with Crippen molar-refractivity contribution in [3.63, 3.8) is 0 Å². The molecule has 9 nitrogen and oxygen atoms in total. The minimum absolute atomic E-state index is 0.0000253. The second kappa shape index (κ2) is 13.0. The zero-order valence-electron chi connectivity index (χ0n) is 25.3. The molecule has 11 heteroatoms. The van der Waals surface area contributed by atoms with Crippen molar-refractivity contribution in [3.05, 3.63) is 48.0 Å². The molecule has 1 aromatic carbocycles. The van der Waals surface area contributed by atoms with E-state index in [2.05, 4.69) is 34.7 Å². The number of nitrogens with one attached hydrogen (secondary N) is 3. The predicted octanol–water partition coefficient (Wildman–Crippen LogP) is 3.11. The number of amides is 4. The van der Waals surface area contributed by atoms with Crippen LogP contribution in [0.4, 0.5) is 0 Å². The number of alkyl halides is 2. The molecule has 0 radical (unpaired) electrons. The molecule has 1 saturated heterocycles. The molecular formula is C32H42Cl2N4O5. The number of hydrogen-bond acceptors (Lipinski definition) is 5. The molecule has 5 atom stereocenters. The summed E-state index contributed by atoms with van der Waals surface area (Å²) in [4.78, 5) is 67.1. The Morgan fingerprint density at radius 2 is 1.74 bits per heavy atom. The van der Waals surface area contributed by atoms with Crippen molar-refractivity contribution in [3.8, 4) is 0 Å². The number of carbonyl (C=O) groups is 5. The van der Waals surface area contributed by atoms with Gasteiger partial charge in [0, 0.05) is 42.8 Å². The standard InChI is InChI=1S/C32H42Cl2N4O5/c1-6-7-12-23(27(40)29(42)35-14-13-24(39)37-31(3,4)5)36-28(41)26-25-22(32(25,33)34)17-38(26)30(43)18(2)21-15-19-10-8-9-11-20(19)16-21/h6,8-11,18,21-23,25-26H,1,7,12-17H2,2-5H3,(H,35,42)(H,36,41)(H,37,39)/t18-,22-,23?,25-,26-/m0/s1. The van der Waals surface area contributed by atoms with E-state index in [0.717, 1.165) is 12.8 Å². The summed E-state index contributed by atoms with van der Waals surface area (Å²) < 4.78 is -1.14. The number of halogens is 2. The Morgan fingerprint density at radius 3 is 2.33 bits per heavy atom. The average Bonchev–Trinajstić information content (AvgIpc) is 3.30. The van der Waals surface area contributed by atoms with E-state index in [4.69, 9.17) is 23.2 Å². The zero-order valence-corrected chi connectivity index (χ0v) is 26.8. The lowest BCUT2D eigenvalue weighted by atomic mass is 9.89. The second-order valence-electron chi connectivity index (χ2n) is 13.1. The third-order valence-electron chi connectivity index (χ3n) is 8.73. The van der Waals surface area contributed by atoms with Crippen LogP contribution in [0.15, 0.2) is 36.9 Å². The van der Waals surface area contributed by atoms with Crippen molar-refractivity contribution < 1.29 is 24.0 Å². The van der Waals surface area contributed by atoms with Gasteiger partial charge in [-0.1, -0.05) is 37.3 Å². The fraction of sp³-hybridized carbons (Fsp3) is 0.594. The first-order valence-corrected chi connectivity index (χ1v) is 15.7. The van der Waals surface area contributed by atoms with Crippen molar-refractivity contribution in [2.24, 2.45) is 23.7 Å². The molecule has 4 amide bonds. The number of likely N-dealkylation sites (tertiary alicyclic amines) is 1. The number of nitrogens with zero attached hydrogens (tertiary/aromatic N) is 1. The Bertz CT molecular complexity index is 1270. The third-order valence-corrected chi connectivity index (χ3v) is 9.80. The number of fused-ring (bicyclic) bond motifs is 2. The van der Waals surface area contributed by atoms with Crippen LogP contribution < -0.4 is 16.0 Å². The molecule has 43 heavy (non-hydrogen) atoms. The van der Waals surface area contributed by atoms with Gasteiger partial charge in [0.25, 0.3) is 5.91 Å². The summed E-state index contributed by atoms with van der Waals surface area (Å²) in [6, 6.07) is 6.06. The number of piperidine rings is 1. The molecule has 0 aromatic heterocycles. The van der Waals surface area contributed by atoms with Crippen molar-refractivity contribution in [1.29, 1.82) is 0 Å². The summed E-state index contributed by atoms with van der Waals surface area (Å²) in [5, 5.41) is 7.99. The summed E-state index contributed by atoms with van der Waals surface area (Å²) >= 11 is 13.0. The van der Waals surface area contributed by atoms with E-state index in [0.29, 0.717) is 6.42 Å². The summed E-state index contributed by atoms with van der Waals surface area (Å²) in [5.41, 5.74) is 2.06. The number of benzene rings is 1. The van der Waals surface area contributed by atoms with Gasteiger partial charge in [0.15, 0.2) is 0 Å². The highest BCUT2D eigenvalue weighted by Crippen LogP contribution is 2.65. The number of hydrogen-bond donors (Lipinski definition) is 3. The van der Waals surface area contributed by atoms with Crippen LogP contribution in [-0.2, 0) is 36.8 Å². The molecule has 1 aliphatic heterocycles. The Hall–Kier alpha value is -2.91. The van der Waals surface area contributed by atoms with E-state index in [1.165, 1.54) is 11.1 Å². The highest BCUT2D eigenvalue weighted by atomic mass is 35.5. The number of rotatable bonds is 12. The fourth-order valence-corrected chi connectivity index (χ4v) is 7.20. The largest absolute Gasteiger partial charge is 0.351 e. The average molecular weight is 634 g/mol. The minimum Gasteiger partial charge on any atom is -0.351 e. The molecule has 2 aliphatic carbocycles. The van der Waals surface area contributed by atoms with Gasteiger partial charge in [0.2, 0.25) is 23.5 Å². The summed E-state index contributed by atoms with van der Waals surface area (Å²) in [6.07, 6.45) is 3.69. The smallest absolute Gasteiger partial charge is 0.289 e. The van der Waals surface area contributed by atoms with Crippen LogP contribution in [0.3, 0.4) is 0 Å². The van der Waals surface area contributed by atoms with Crippen LogP contribution in [0.5, 0.6) is 0 Å². The molecule has 0 spiro atoms. The van der Waals surface area contributed by atoms with Gasteiger partial charge in [-0.25, -0.2) is 0 Å². The van der Waals surface area contributed by atoms with Crippen molar-refractivity contribution in [2.45, 2.75) is 81.8 Å². The van der Waals surface area contributed by atoms with E-state index in [9.17, 15) is 24.0 Å². The van der Waals surface area contributed by atoms with Crippen molar-refractivity contribution >= 4 is 52.6 Å². The molecular weight excluding hydrogens is 591 g/mol. The molecule has 1 unspecified atom stereocenters. The number of carbonyl (C=O) groups excluding carboxylic acids is 5. The first-order chi connectivity index (χ1) is 20.2. The van der Waals surface area contributed by atoms with Crippen molar-refractivity contribution in [1.82, 2.24) is 20.9 Å². The molecule has 1 heterocycles. The first-order valence-electron chi connectivity index (χ1n) is 14.9. The number of allylic oxidation sites excluding steroid dienone is 1. The number of Topliss-reactive ketones (excluding diaryl/α,β-unsaturated/α-hetero) is 1. The monoisotopic (exact) mass is 632 g/mol. The van der Waals surface area contributed by atoms with Crippen LogP contribution in [0, 0.1) is 23.7 Å². The molecule has 1 aromatic rings. The Morgan fingerprint density at radius 1 is 1.12 bits per heavy atom. The molecule has 3 N–H and O–H groups in total. The van der Waals surface area contributed by atoms with Gasteiger partial charge in [-0.05, 0) is 63.5 Å². The topological polar surface area (TPSA) is 125 Å². The van der Waals surface area contributed by atoms with Crippen molar-refractivity contribution in [2.75, 3.05) is 13.1 Å². The maximum atomic E-state index is 13.8. The van der Waals surface area contributed by atoms with Crippen LogP contribution in [0.2, 0.25) is 0 Å². The van der Waals surface area contributed by atoms with Gasteiger partial charge in [0.05, 0.1) is 6.04 Å². The van der Waals surface area contributed by atoms with Gasteiger partial charge < -0.3 is 20.9 Å². The van der Waals surface area contributed by atoms with E-state index >= 15 is 0 Å². The molecule has 2 fully saturated rings. The number of ketones is 1. The van der Waals surface area contributed by atoms with Gasteiger partial charge >= 0.3 is 0 Å². The van der Waals surface area contributed by atoms with Gasteiger partial charge in [0.1, 0.15) is 10.4 Å². The van der Waals surface area contributed by atoms with E-state index in [-0.39, 0.29) is 55.5 Å². The summed E-state index contributed by atoms with van der Waals surface area (Å²) in [7, 11) is 0. The molecule has 3 aliphatic rings. The van der Waals surface area contributed by atoms with E-state index in [1.807, 2.05) is 39.8 Å². The molecule has 0 bridgehead atoms. The third kappa shape index (κ3) is 7.43. The fourth-order valence-electron chi connectivity index (χ4n) is 6.37.